The van der Waals surface area contributed by atoms with Gasteiger partial charge in [-0.3, -0.25) is 20.0 Å². The van der Waals surface area contributed by atoms with Crippen LogP contribution in [0.25, 0.3) is 10.9 Å². The van der Waals surface area contributed by atoms with Gasteiger partial charge in [-0.25, -0.2) is 9.59 Å². The first kappa shape index (κ1) is 13.0. The maximum absolute atomic E-state index is 11.9. The summed E-state index contributed by atoms with van der Waals surface area (Å²) in [5.41, 5.74) is 1.15. The number of benzene rings is 1. The molecule has 1 aromatic carbocycles. The van der Waals surface area contributed by atoms with Gasteiger partial charge in [-0.05, 0) is 12.1 Å². The first-order valence-electron chi connectivity index (χ1n) is 6.29. The number of urea groups is 1. The number of nitrogens with zero attached hydrogens (tertiary/aromatic N) is 2. The van der Waals surface area contributed by atoms with Gasteiger partial charge in [0.15, 0.2) is 0 Å². The van der Waals surface area contributed by atoms with Gasteiger partial charge in [0, 0.05) is 24.5 Å². The molecule has 3 amide bonds. The third kappa shape index (κ3) is 2.29. The molecule has 1 aromatic heterocycles. The van der Waals surface area contributed by atoms with Crippen LogP contribution in [0, 0.1) is 0 Å². The molecular weight excluding hydrogens is 274 g/mol. The molecule has 1 aliphatic heterocycles. The molecule has 0 atom stereocenters. The van der Waals surface area contributed by atoms with E-state index < -0.39 is 12.0 Å². The SMILES string of the molecule is O=C1CCN(c2cccc3cc(C(=O)O)cnc23)C(=O)N1. The molecule has 2 aromatic rings. The van der Waals surface area contributed by atoms with Gasteiger partial charge in [-0.2, -0.15) is 0 Å². The van der Waals surface area contributed by atoms with Gasteiger partial charge in [0.1, 0.15) is 0 Å². The topological polar surface area (TPSA) is 99.6 Å². The van der Waals surface area contributed by atoms with E-state index in [9.17, 15) is 14.4 Å². The Labute approximate surface area is 119 Å². The lowest BCUT2D eigenvalue weighted by Crippen LogP contribution is -2.49. The summed E-state index contributed by atoms with van der Waals surface area (Å²) >= 11 is 0. The van der Waals surface area contributed by atoms with E-state index in [0.717, 1.165) is 0 Å². The number of carboxylic acid groups (broad SMARTS) is 1. The van der Waals surface area contributed by atoms with E-state index in [2.05, 4.69) is 10.3 Å². The highest BCUT2D eigenvalue weighted by molar-refractivity contribution is 6.09. The molecular formula is C14H11N3O4. The lowest BCUT2D eigenvalue weighted by molar-refractivity contribution is -0.120. The molecule has 7 heteroatoms. The Bertz CT molecular complexity index is 772. The zero-order chi connectivity index (χ0) is 15.0. The molecule has 0 bridgehead atoms. The molecule has 7 nitrogen and oxygen atoms in total. The molecule has 2 heterocycles. The normalized spacial score (nSPS) is 15.1. The van der Waals surface area contributed by atoms with Crippen LogP contribution in [0.5, 0.6) is 0 Å². The Morgan fingerprint density at radius 2 is 2.14 bits per heavy atom. The van der Waals surface area contributed by atoms with Crippen molar-refractivity contribution in [3.05, 3.63) is 36.0 Å². The van der Waals surface area contributed by atoms with Gasteiger partial charge in [-0.1, -0.05) is 12.1 Å². The summed E-state index contributed by atoms with van der Waals surface area (Å²) in [5, 5.41) is 11.9. The molecule has 1 saturated heterocycles. The second-order valence-corrected chi connectivity index (χ2v) is 4.63. The van der Waals surface area contributed by atoms with E-state index in [1.165, 1.54) is 17.2 Å². The number of aromatic nitrogens is 1. The summed E-state index contributed by atoms with van der Waals surface area (Å²) < 4.78 is 0. The standard InChI is InChI=1S/C14H11N3O4/c18-11-4-5-17(14(21)16-11)10-3-1-2-8-6-9(13(19)20)7-15-12(8)10/h1-3,6-7H,4-5H2,(H,19,20)(H,16,18,21). The highest BCUT2D eigenvalue weighted by atomic mass is 16.4. The third-order valence-corrected chi connectivity index (χ3v) is 3.28. The predicted octanol–water partition coefficient (Wildman–Crippen LogP) is 1.38. The maximum atomic E-state index is 11.9. The minimum atomic E-state index is -1.06. The summed E-state index contributed by atoms with van der Waals surface area (Å²) in [5.74, 6) is -1.37. The van der Waals surface area contributed by atoms with E-state index >= 15 is 0 Å². The summed E-state index contributed by atoms with van der Waals surface area (Å²) in [7, 11) is 0. The van der Waals surface area contributed by atoms with E-state index in [4.69, 9.17) is 5.11 Å². The van der Waals surface area contributed by atoms with E-state index in [0.29, 0.717) is 16.6 Å². The number of anilines is 1. The van der Waals surface area contributed by atoms with Gasteiger partial charge in [0.2, 0.25) is 5.91 Å². The number of pyridine rings is 1. The van der Waals surface area contributed by atoms with Crippen molar-refractivity contribution in [2.45, 2.75) is 6.42 Å². The van der Waals surface area contributed by atoms with Crippen molar-refractivity contribution >= 4 is 34.5 Å². The van der Waals surface area contributed by atoms with Crippen LogP contribution in [0.15, 0.2) is 30.5 Å². The fourth-order valence-electron chi connectivity index (χ4n) is 2.27. The van der Waals surface area contributed by atoms with Gasteiger partial charge < -0.3 is 5.11 Å². The number of nitrogens with one attached hydrogen (secondary N) is 1. The summed E-state index contributed by atoms with van der Waals surface area (Å²) in [6.07, 6.45) is 1.47. The molecule has 0 spiro atoms. The monoisotopic (exact) mass is 285 g/mol. The molecule has 106 valence electrons. The van der Waals surface area contributed by atoms with Crippen molar-refractivity contribution in [1.29, 1.82) is 0 Å². The number of carbonyl (C=O) groups excluding carboxylic acids is 2. The number of para-hydroxylation sites is 1. The smallest absolute Gasteiger partial charge is 0.337 e. The lowest BCUT2D eigenvalue weighted by Gasteiger charge is -2.27. The van der Waals surface area contributed by atoms with Crippen LogP contribution < -0.4 is 10.2 Å². The molecule has 0 aliphatic carbocycles. The van der Waals surface area contributed by atoms with Gasteiger partial charge in [0.05, 0.1) is 16.8 Å². The van der Waals surface area contributed by atoms with E-state index in [1.54, 1.807) is 18.2 Å². The quantitative estimate of drug-likeness (QED) is 0.868. The average Bonchev–Trinajstić information content (AvgIpc) is 2.46. The first-order chi connectivity index (χ1) is 10.1. The number of carboxylic acids is 1. The van der Waals surface area contributed by atoms with E-state index in [1.807, 2.05) is 0 Å². The lowest BCUT2D eigenvalue weighted by atomic mass is 10.1. The van der Waals surface area contributed by atoms with Crippen LogP contribution in [-0.2, 0) is 4.79 Å². The van der Waals surface area contributed by atoms with Crippen molar-refractivity contribution in [1.82, 2.24) is 10.3 Å². The van der Waals surface area contributed by atoms with Gasteiger partial charge in [0.25, 0.3) is 0 Å². The second-order valence-electron chi connectivity index (χ2n) is 4.63. The minimum absolute atomic E-state index is 0.0814. The zero-order valence-corrected chi connectivity index (χ0v) is 10.9. The van der Waals surface area contributed by atoms with E-state index in [-0.39, 0.29) is 24.4 Å². The number of hydrogen-bond donors (Lipinski definition) is 2. The third-order valence-electron chi connectivity index (χ3n) is 3.28. The average molecular weight is 285 g/mol. The highest BCUT2D eigenvalue weighted by Gasteiger charge is 2.25. The molecule has 0 unspecified atom stereocenters. The number of rotatable bonds is 2. The molecule has 0 radical (unpaired) electrons. The van der Waals surface area contributed by atoms with Gasteiger partial charge in [-0.15, -0.1) is 0 Å². The number of hydrogen-bond acceptors (Lipinski definition) is 4. The fourth-order valence-corrected chi connectivity index (χ4v) is 2.27. The van der Waals surface area contributed by atoms with Crippen LogP contribution in [0.2, 0.25) is 0 Å². The van der Waals surface area contributed by atoms with Crippen molar-refractivity contribution in [2.24, 2.45) is 0 Å². The van der Waals surface area contributed by atoms with Crippen LogP contribution in [0.4, 0.5) is 10.5 Å². The zero-order valence-electron chi connectivity index (χ0n) is 10.9. The molecule has 3 rings (SSSR count). The fraction of sp³-hybridized carbons (Fsp3) is 0.143. The second kappa shape index (κ2) is 4.86. The molecule has 1 aliphatic rings. The van der Waals surface area contributed by atoms with Crippen LogP contribution >= 0.6 is 0 Å². The molecule has 0 saturated carbocycles. The van der Waals surface area contributed by atoms with Crippen molar-refractivity contribution < 1.29 is 19.5 Å². The number of imide groups is 1. The largest absolute Gasteiger partial charge is 0.478 e. The number of aromatic carboxylic acids is 1. The number of carbonyl (C=O) groups is 3. The molecule has 21 heavy (non-hydrogen) atoms. The van der Waals surface area contributed by atoms with Crippen LogP contribution in [0.3, 0.4) is 0 Å². The number of fused-ring (bicyclic) bond motifs is 1. The molecule has 1 fully saturated rings. The van der Waals surface area contributed by atoms with Crippen molar-refractivity contribution in [3.63, 3.8) is 0 Å². The number of amides is 3. The summed E-state index contributed by atoms with van der Waals surface area (Å²) in [4.78, 5) is 39.6. The Morgan fingerprint density at radius 1 is 1.33 bits per heavy atom. The minimum Gasteiger partial charge on any atom is -0.478 e. The Balaban J connectivity index is 2.09. The predicted molar refractivity (Wildman–Crippen MR) is 74.2 cm³/mol. The van der Waals surface area contributed by atoms with Crippen molar-refractivity contribution in [3.8, 4) is 0 Å². The van der Waals surface area contributed by atoms with Gasteiger partial charge >= 0.3 is 12.0 Å². The highest BCUT2D eigenvalue weighted by Crippen LogP contribution is 2.26. The first-order valence-corrected chi connectivity index (χ1v) is 6.29. The van der Waals surface area contributed by atoms with Crippen LogP contribution in [-0.4, -0.2) is 34.5 Å². The summed E-state index contributed by atoms with van der Waals surface area (Å²) in [6.45, 7) is 0.270. The Morgan fingerprint density at radius 3 is 2.86 bits per heavy atom. The summed E-state index contributed by atoms with van der Waals surface area (Å²) in [6, 6.07) is 6.16. The van der Waals surface area contributed by atoms with Crippen molar-refractivity contribution in [2.75, 3.05) is 11.4 Å². The van der Waals surface area contributed by atoms with Crippen LogP contribution in [0.1, 0.15) is 16.8 Å². The Kier molecular flexibility index (Phi) is 3.02. The maximum Gasteiger partial charge on any atom is 0.337 e. The Hall–Kier alpha value is -2.96. The molecule has 2 N–H and O–H groups in total.